The molecule has 1 N–H and O–H groups in total. The number of hydrogen-bond donors (Lipinski definition) is 1. The highest BCUT2D eigenvalue weighted by molar-refractivity contribution is 7.99. The molecule has 0 saturated carbocycles. The predicted molar refractivity (Wildman–Crippen MR) is 115 cm³/mol. The molecule has 4 nitrogen and oxygen atoms in total. The van der Waals surface area contributed by atoms with Gasteiger partial charge in [-0.2, -0.15) is 0 Å². The second-order valence-corrected chi connectivity index (χ2v) is 7.62. The number of rotatable bonds is 5. The van der Waals surface area contributed by atoms with Gasteiger partial charge in [0.1, 0.15) is 11.6 Å². The lowest BCUT2D eigenvalue weighted by Crippen LogP contribution is -2.14. The third-order valence-electron chi connectivity index (χ3n) is 4.49. The first-order valence-corrected chi connectivity index (χ1v) is 10.2. The smallest absolute Gasteiger partial charge is 0.234 e. The SMILES string of the molecule is Cc1cccc2c(-c3ccc(F)cc3)nc(SCC(=O)Nc3ccc(F)cc3)nc12. The second kappa shape index (κ2) is 8.59. The maximum atomic E-state index is 13.4. The summed E-state index contributed by atoms with van der Waals surface area (Å²) >= 11 is 1.20. The minimum Gasteiger partial charge on any atom is -0.325 e. The van der Waals surface area contributed by atoms with E-state index >= 15 is 0 Å². The molecule has 0 aliphatic heterocycles. The fourth-order valence-corrected chi connectivity index (χ4v) is 3.67. The number of carbonyl (C=O) groups excluding carboxylic acids is 1. The molecule has 0 fully saturated rings. The molecule has 150 valence electrons. The second-order valence-electron chi connectivity index (χ2n) is 6.68. The summed E-state index contributed by atoms with van der Waals surface area (Å²) in [6.07, 6.45) is 0. The van der Waals surface area contributed by atoms with E-state index in [2.05, 4.69) is 15.3 Å². The normalized spacial score (nSPS) is 10.9. The number of anilines is 1. The number of amides is 1. The molecule has 7 heteroatoms. The number of nitrogens with one attached hydrogen (secondary N) is 1. The van der Waals surface area contributed by atoms with Crippen LogP contribution in [0.15, 0.2) is 71.9 Å². The Hall–Kier alpha value is -3.32. The van der Waals surface area contributed by atoms with E-state index in [0.29, 0.717) is 16.5 Å². The molecular weight excluding hydrogens is 404 g/mol. The summed E-state index contributed by atoms with van der Waals surface area (Å²) in [5, 5.41) is 4.03. The zero-order valence-corrected chi connectivity index (χ0v) is 16.8. The van der Waals surface area contributed by atoms with E-state index in [0.717, 1.165) is 22.0 Å². The van der Waals surface area contributed by atoms with Gasteiger partial charge in [0.15, 0.2) is 5.16 Å². The quantitative estimate of drug-likeness (QED) is 0.336. The molecule has 0 saturated heterocycles. The minimum absolute atomic E-state index is 0.0949. The van der Waals surface area contributed by atoms with Gasteiger partial charge in [-0.3, -0.25) is 4.79 Å². The Morgan fingerprint density at radius 1 is 0.933 bits per heavy atom. The van der Waals surface area contributed by atoms with Crippen molar-refractivity contribution in [3.8, 4) is 11.3 Å². The predicted octanol–water partition coefficient (Wildman–Crippen LogP) is 5.61. The Balaban J connectivity index is 1.61. The summed E-state index contributed by atoms with van der Waals surface area (Å²) in [5.74, 6) is -0.836. The zero-order valence-electron chi connectivity index (χ0n) is 16.0. The van der Waals surface area contributed by atoms with Gasteiger partial charge in [-0.05, 0) is 61.0 Å². The van der Waals surface area contributed by atoms with Crippen molar-refractivity contribution in [2.45, 2.75) is 12.1 Å². The Morgan fingerprint density at radius 2 is 1.60 bits per heavy atom. The van der Waals surface area contributed by atoms with E-state index in [4.69, 9.17) is 0 Å². The first-order chi connectivity index (χ1) is 14.5. The van der Waals surface area contributed by atoms with E-state index in [1.807, 2.05) is 25.1 Å². The van der Waals surface area contributed by atoms with E-state index in [-0.39, 0.29) is 23.3 Å². The molecule has 0 atom stereocenters. The molecule has 0 unspecified atom stereocenters. The molecule has 0 spiro atoms. The number of thioether (sulfide) groups is 1. The maximum Gasteiger partial charge on any atom is 0.234 e. The van der Waals surface area contributed by atoms with E-state index in [9.17, 15) is 13.6 Å². The third-order valence-corrected chi connectivity index (χ3v) is 5.33. The van der Waals surface area contributed by atoms with E-state index < -0.39 is 0 Å². The highest BCUT2D eigenvalue weighted by Gasteiger charge is 2.13. The molecule has 4 rings (SSSR count). The van der Waals surface area contributed by atoms with Gasteiger partial charge in [-0.15, -0.1) is 0 Å². The van der Waals surface area contributed by atoms with Crippen LogP contribution in [0.2, 0.25) is 0 Å². The van der Waals surface area contributed by atoms with Gasteiger partial charge in [0, 0.05) is 16.6 Å². The molecule has 0 radical (unpaired) electrons. The van der Waals surface area contributed by atoms with E-state index in [1.54, 1.807) is 12.1 Å². The molecule has 4 aromatic rings. The van der Waals surface area contributed by atoms with Crippen molar-refractivity contribution in [3.05, 3.63) is 83.9 Å². The molecule has 30 heavy (non-hydrogen) atoms. The monoisotopic (exact) mass is 421 g/mol. The van der Waals surface area contributed by atoms with Crippen LogP contribution in [0, 0.1) is 18.6 Å². The van der Waals surface area contributed by atoms with Crippen LogP contribution in [0.1, 0.15) is 5.56 Å². The fourth-order valence-electron chi connectivity index (χ4n) is 3.03. The van der Waals surface area contributed by atoms with Crippen molar-refractivity contribution in [2.24, 2.45) is 0 Å². The minimum atomic E-state index is -0.365. The van der Waals surface area contributed by atoms with Crippen LogP contribution in [0.3, 0.4) is 0 Å². The Bertz CT molecular complexity index is 1210. The molecule has 1 amide bonds. The lowest BCUT2D eigenvalue weighted by molar-refractivity contribution is -0.113. The molecule has 0 bridgehead atoms. The number of benzene rings is 3. The summed E-state index contributed by atoms with van der Waals surface area (Å²) < 4.78 is 26.4. The molecular formula is C23H17F2N3OS. The van der Waals surface area contributed by atoms with Crippen molar-refractivity contribution in [3.63, 3.8) is 0 Å². The van der Waals surface area contributed by atoms with Crippen molar-refractivity contribution < 1.29 is 13.6 Å². The van der Waals surface area contributed by atoms with Crippen molar-refractivity contribution in [1.82, 2.24) is 9.97 Å². The molecule has 0 aliphatic carbocycles. The number of carbonyl (C=O) groups is 1. The summed E-state index contributed by atoms with van der Waals surface area (Å²) in [7, 11) is 0. The van der Waals surface area contributed by atoms with Crippen LogP contribution in [-0.4, -0.2) is 21.6 Å². The number of aromatic nitrogens is 2. The van der Waals surface area contributed by atoms with Gasteiger partial charge in [-0.1, -0.05) is 30.0 Å². The Morgan fingerprint density at radius 3 is 2.30 bits per heavy atom. The van der Waals surface area contributed by atoms with Crippen molar-refractivity contribution in [1.29, 1.82) is 0 Å². The van der Waals surface area contributed by atoms with Gasteiger partial charge in [-0.25, -0.2) is 18.7 Å². The number of aryl methyl sites for hydroxylation is 1. The molecule has 1 aromatic heterocycles. The van der Waals surface area contributed by atoms with Gasteiger partial charge in [0.2, 0.25) is 5.91 Å². The van der Waals surface area contributed by atoms with Crippen molar-refractivity contribution >= 4 is 34.3 Å². The van der Waals surface area contributed by atoms with Crippen LogP contribution < -0.4 is 5.32 Å². The summed E-state index contributed by atoms with van der Waals surface area (Å²) in [6, 6.07) is 17.5. The van der Waals surface area contributed by atoms with Crippen LogP contribution in [-0.2, 0) is 4.79 Å². The largest absolute Gasteiger partial charge is 0.325 e. The topological polar surface area (TPSA) is 54.9 Å². The summed E-state index contributed by atoms with van der Waals surface area (Å²) in [6.45, 7) is 1.96. The molecule has 1 heterocycles. The number of para-hydroxylation sites is 1. The van der Waals surface area contributed by atoms with Crippen molar-refractivity contribution in [2.75, 3.05) is 11.1 Å². The van der Waals surface area contributed by atoms with Crippen LogP contribution >= 0.6 is 11.8 Å². The van der Waals surface area contributed by atoms with Crippen LogP contribution in [0.4, 0.5) is 14.5 Å². The molecule has 3 aromatic carbocycles. The van der Waals surface area contributed by atoms with E-state index in [1.165, 1.54) is 48.2 Å². The Labute approximate surface area is 176 Å². The number of hydrogen-bond acceptors (Lipinski definition) is 4. The standard InChI is InChI=1S/C23H17F2N3OS/c1-14-3-2-4-19-21(14)27-23(28-22(19)15-5-7-16(24)8-6-15)30-13-20(29)26-18-11-9-17(25)10-12-18/h2-12H,13H2,1H3,(H,26,29). The Kier molecular flexibility index (Phi) is 5.72. The number of halogens is 2. The lowest BCUT2D eigenvalue weighted by Gasteiger charge is -2.10. The number of nitrogens with zero attached hydrogens (tertiary/aromatic N) is 2. The number of fused-ring (bicyclic) bond motifs is 1. The first-order valence-electron chi connectivity index (χ1n) is 9.21. The van der Waals surface area contributed by atoms with Crippen LogP contribution in [0.5, 0.6) is 0 Å². The van der Waals surface area contributed by atoms with Crippen LogP contribution in [0.25, 0.3) is 22.2 Å². The maximum absolute atomic E-state index is 13.4. The third kappa shape index (κ3) is 4.46. The van der Waals surface area contributed by atoms with Gasteiger partial charge in [0.05, 0.1) is 17.0 Å². The fraction of sp³-hybridized carbons (Fsp3) is 0.0870. The van der Waals surface area contributed by atoms with Gasteiger partial charge >= 0.3 is 0 Å². The zero-order chi connectivity index (χ0) is 21.1. The lowest BCUT2D eigenvalue weighted by atomic mass is 10.0. The summed E-state index contributed by atoms with van der Waals surface area (Å²) in [5.41, 5.74) is 3.74. The summed E-state index contributed by atoms with van der Waals surface area (Å²) in [4.78, 5) is 21.5. The average Bonchev–Trinajstić information content (AvgIpc) is 2.74. The highest BCUT2D eigenvalue weighted by Crippen LogP contribution is 2.30. The highest BCUT2D eigenvalue weighted by atomic mass is 32.2. The molecule has 0 aliphatic rings. The van der Waals surface area contributed by atoms with Gasteiger partial charge in [0.25, 0.3) is 0 Å². The first kappa shape index (κ1) is 20.0. The average molecular weight is 421 g/mol. The van der Waals surface area contributed by atoms with Gasteiger partial charge < -0.3 is 5.32 Å².